The lowest BCUT2D eigenvalue weighted by molar-refractivity contribution is 0.0963. The van der Waals surface area contributed by atoms with Gasteiger partial charge in [0.2, 0.25) is 10.0 Å². The van der Waals surface area contributed by atoms with E-state index in [1.807, 2.05) is 0 Å². The topological polar surface area (TPSA) is 95.5 Å². The number of carbonyl (C=O) groups excluding carboxylic acids is 1. The first kappa shape index (κ1) is 14.6. The number of benzene rings is 1. The summed E-state index contributed by atoms with van der Waals surface area (Å²) in [7, 11) is -2.17. The van der Waals surface area contributed by atoms with Crippen LogP contribution in [-0.2, 0) is 10.0 Å². The number of amides is 1. The molecule has 0 fully saturated rings. The Morgan fingerprint density at radius 3 is 2.33 bits per heavy atom. The number of rotatable bonds is 5. The van der Waals surface area contributed by atoms with Crippen molar-refractivity contribution in [2.45, 2.75) is 17.9 Å². The molecule has 0 heterocycles. The molecule has 0 aromatic heterocycles. The minimum absolute atomic E-state index is 0.0513. The van der Waals surface area contributed by atoms with E-state index >= 15 is 0 Å². The van der Waals surface area contributed by atoms with E-state index in [1.54, 1.807) is 6.92 Å². The van der Waals surface area contributed by atoms with Gasteiger partial charge < -0.3 is 10.4 Å². The molecule has 6 nitrogen and oxygen atoms in total. The van der Waals surface area contributed by atoms with Gasteiger partial charge in [-0.2, -0.15) is 0 Å². The highest BCUT2D eigenvalue weighted by atomic mass is 32.2. The first-order valence-corrected chi connectivity index (χ1v) is 6.84. The van der Waals surface area contributed by atoms with Crippen molar-refractivity contribution in [3.05, 3.63) is 29.8 Å². The van der Waals surface area contributed by atoms with Crippen LogP contribution in [0.1, 0.15) is 17.3 Å². The van der Waals surface area contributed by atoms with Crippen molar-refractivity contribution in [1.29, 1.82) is 0 Å². The summed E-state index contributed by atoms with van der Waals surface area (Å²) in [6, 6.07) is 4.98. The second-order valence-electron chi connectivity index (χ2n) is 3.81. The Hall–Kier alpha value is -1.44. The smallest absolute Gasteiger partial charge is 0.251 e. The molecule has 0 bridgehead atoms. The van der Waals surface area contributed by atoms with Crippen molar-refractivity contribution in [3.63, 3.8) is 0 Å². The van der Waals surface area contributed by atoms with Gasteiger partial charge in [-0.1, -0.05) is 0 Å². The van der Waals surface area contributed by atoms with Crippen LogP contribution in [0.2, 0.25) is 0 Å². The van der Waals surface area contributed by atoms with Crippen LogP contribution in [0.3, 0.4) is 0 Å². The molecule has 0 saturated carbocycles. The maximum absolute atomic E-state index is 11.8. The highest BCUT2D eigenvalue weighted by Gasteiger charge is 2.17. The van der Waals surface area contributed by atoms with Gasteiger partial charge in [-0.25, -0.2) is 13.1 Å². The lowest BCUT2D eigenvalue weighted by Gasteiger charge is -2.11. The number of aliphatic hydroxyl groups excluding tert-OH is 1. The van der Waals surface area contributed by atoms with Crippen LogP contribution in [0.4, 0.5) is 0 Å². The third kappa shape index (κ3) is 3.52. The molecule has 1 aromatic carbocycles. The van der Waals surface area contributed by atoms with Crippen LogP contribution < -0.4 is 10.0 Å². The molecule has 0 aliphatic carbocycles. The molecule has 3 N–H and O–H groups in total. The number of carbonyl (C=O) groups is 1. The van der Waals surface area contributed by atoms with Crippen LogP contribution in [-0.4, -0.2) is 39.1 Å². The maximum atomic E-state index is 11.8. The monoisotopic (exact) mass is 272 g/mol. The molecule has 1 unspecified atom stereocenters. The van der Waals surface area contributed by atoms with Gasteiger partial charge in [-0.05, 0) is 31.2 Å². The molecular formula is C11H16N2O4S. The van der Waals surface area contributed by atoms with Gasteiger partial charge in [0.25, 0.3) is 5.91 Å². The standard InChI is InChI=1S/C11H16N2O4S/c1-8(7-14)13-18(16,17)10-5-3-9(4-6-10)11(15)12-2/h3-6,8,13-14H,7H2,1-2H3,(H,12,15). The Morgan fingerprint density at radius 2 is 1.89 bits per heavy atom. The molecule has 18 heavy (non-hydrogen) atoms. The van der Waals surface area contributed by atoms with Crippen LogP contribution in [0, 0.1) is 0 Å². The van der Waals surface area contributed by atoms with E-state index in [0.717, 1.165) is 0 Å². The largest absolute Gasteiger partial charge is 0.395 e. The highest BCUT2D eigenvalue weighted by molar-refractivity contribution is 7.89. The normalized spacial score (nSPS) is 13.1. The number of hydrogen-bond donors (Lipinski definition) is 3. The van der Waals surface area contributed by atoms with Gasteiger partial charge in [0.15, 0.2) is 0 Å². The van der Waals surface area contributed by atoms with Crippen LogP contribution in [0.15, 0.2) is 29.2 Å². The maximum Gasteiger partial charge on any atom is 0.251 e. The summed E-state index contributed by atoms with van der Waals surface area (Å²) in [5.41, 5.74) is 0.381. The summed E-state index contributed by atoms with van der Waals surface area (Å²) in [6.45, 7) is 1.27. The van der Waals surface area contributed by atoms with Crippen LogP contribution in [0.25, 0.3) is 0 Å². The fourth-order valence-corrected chi connectivity index (χ4v) is 2.53. The molecule has 0 aliphatic heterocycles. The molecule has 1 atom stereocenters. The molecule has 1 rings (SSSR count). The summed E-state index contributed by atoms with van der Waals surface area (Å²) in [6.07, 6.45) is 0. The first-order chi connectivity index (χ1) is 8.40. The van der Waals surface area contributed by atoms with Crippen molar-refractivity contribution in [2.24, 2.45) is 0 Å². The van der Waals surface area contributed by atoms with Gasteiger partial charge in [0.05, 0.1) is 11.5 Å². The zero-order chi connectivity index (χ0) is 13.8. The second kappa shape index (κ2) is 5.94. The number of sulfonamides is 1. The Morgan fingerprint density at radius 1 is 1.33 bits per heavy atom. The van der Waals surface area contributed by atoms with Crippen LogP contribution in [0.5, 0.6) is 0 Å². The number of aliphatic hydroxyl groups is 1. The van der Waals surface area contributed by atoms with E-state index in [0.29, 0.717) is 5.56 Å². The van der Waals surface area contributed by atoms with Crippen molar-refractivity contribution in [3.8, 4) is 0 Å². The minimum Gasteiger partial charge on any atom is -0.395 e. The Kier molecular flexibility index (Phi) is 4.83. The Bertz CT molecular complexity index is 510. The lowest BCUT2D eigenvalue weighted by Crippen LogP contribution is -2.35. The SMILES string of the molecule is CNC(=O)c1ccc(S(=O)(=O)NC(C)CO)cc1. The van der Waals surface area contributed by atoms with Crippen molar-refractivity contribution >= 4 is 15.9 Å². The molecule has 0 spiro atoms. The molecule has 0 saturated heterocycles. The Balaban J connectivity index is 2.94. The third-order valence-electron chi connectivity index (χ3n) is 2.28. The van der Waals surface area contributed by atoms with E-state index in [9.17, 15) is 13.2 Å². The predicted molar refractivity (Wildman–Crippen MR) is 66.7 cm³/mol. The quantitative estimate of drug-likeness (QED) is 0.686. The summed E-state index contributed by atoms with van der Waals surface area (Å²) in [5, 5.41) is 11.3. The van der Waals surface area contributed by atoms with Crippen LogP contribution >= 0.6 is 0 Å². The summed E-state index contributed by atoms with van der Waals surface area (Å²) in [4.78, 5) is 11.3. The third-order valence-corrected chi connectivity index (χ3v) is 3.89. The molecule has 100 valence electrons. The van der Waals surface area contributed by atoms with Crippen molar-refractivity contribution in [2.75, 3.05) is 13.7 Å². The molecule has 0 aliphatic rings. The zero-order valence-electron chi connectivity index (χ0n) is 10.2. The average Bonchev–Trinajstić information content (AvgIpc) is 2.37. The molecule has 1 aromatic rings. The fourth-order valence-electron chi connectivity index (χ4n) is 1.30. The average molecular weight is 272 g/mol. The van der Waals surface area contributed by atoms with E-state index in [1.165, 1.54) is 31.3 Å². The fraction of sp³-hybridized carbons (Fsp3) is 0.364. The molecule has 7 heteroatoms. The highest BCUT2D eigenvalue weighted by Crippen LogP contribution is 2.11. The van der Waals surface area contributed by atoms with E-state index < -0.39 is 16.1 Å². The van der Waals surface area contributed by atoms with Gasteiger partial charge in [0.1, 0.15) is 0 Å². The minimum atomic E-state index is -3.66. The molecular weight excluding hydrogens is 256 g/mol. The van der Waals surface area contributed by atoms with Crippen molar-refractivity contribution < 1.29 is 18.3 Å². The van der Waals surface area contributed by atoms with Gasteiger partial charge in [0, 0.05) is 18.7 Å². The Labute approximate surface area is 106 Å². The molecule has 1 amide bonds. The second-order valence-corrected chi connectivity index (χ2v) is 5.52. The molecule has 0 radical (unpaired) electrons. The predicted octanol–water partition coefficient (Wildman–Crippen LogP) is -0.295. The van der Waals surface area contributed by atoms with E-state index in [2.05, 4.69) is 10.0 Å². The van der Waals surface area contributed by atoms with E-state index in [4.69, 9.17) is 5.11 Å². The number of nitrogens with one attached hydrogen (secondary N) is 2. The zero-order valence-corrected chi connectivity index (χ0v) is 11.0. The summed E-state index contributed by atoms with van der Waals surface area (Å²) < 4.78 is 26.0. The van der Waals surface area contributed by atoms with Gasteiger partial charge >= 0.3 is 0 Å². The summed E-state index contributed by atoms with van der Waals surface area (Å²) >= 11 is 0. The van der Waals surface area contributed by atoms with Gasteiger partial charge in [-0.15, -0.1) is 0 Å². The van der Waals surface area contributed by atoms with Gasteiger partial charge in [-0.3, -0.25) is 4.79 Å². The lowest BCUT2D eigenvalue weighted by atomic mass is 10.2. The first-order valence-electron chi connectivity index (χ1n) is 5.36. The van der Waals surface area contributed by atoms with Crippen molar-refractivity contribution in [1.82, 2.24) is 10.0 Å². The summed E-state index contributed by atoms with van der Waals surface area (Å²) in [5.74, 6) is -0.282. The van der Waals surface area contributed by atoms with E-state index in [-0.39, 0.29) is 17.4 Å². The number of hydrogen-bond acceptors (Lipinski definition) is 4.